The number of esters is 1. The van der Waals surface area contributed by atoms with E-state index in [0.29, 0.717) is 30.5 Å². The predicted molar refractivity (Wildman–Crippen MR) is 111 cm³/mol. The number of hydrogen-bond acceptors (Lipinski definition) is 6. The van der Waals surface area contributed by atoms with Crippen molar-refractivity contribution in [2.24, 2.45) is 5.92 Å². The van der Waals surface area contributed by atoms with Crippen molar-refractivity contribution in [2.45, 2.75) is 26.8 Å². The normalized spacial score (nSPS) is 13.5. The summed E-state index contributed by atoms with van der Waals surface area (Å²) in [6.07, 6.45) is 0. The van der Waals surface area contributed by atoms with Gasteiger partial charge in [-0.05, 0) is 42.2 Å². The summed E-state index contributed by atoms with van der Waals surface area (Å²) in [7, 11) is 0. The molecule has 1 atom stereocenters. The van der Waals surface area contributed by atoms with Crippen LogP contribution in [0.1, 0.15) is 31.0 Å². The number of hydrogen-bond donors (Lipinski definition) is 1. The summed E-state index contributed by atoms with van der Waals surface area (Å²) >= 11 is 0. The fraction of sp³-hybridized carbons (Fsp3) is 0.391. The number of carbonyl (C=O) groups excluding carboxylic acids is 2. The Labute approximate surface area is 176 Å². The molecule has 0 spiro atoms. The maximum absolute atomic E-state index is 12.4. The molecule has 0 bridgehead atoms. The highest BCUT2D eigenvalue weighted by Crippen LogP contribution is 2.34. The van der Waals surface area contributed by atoms with E-state index in [1.54, 1.807) is 6.07 Å². The molecule has 160 valence electrons. The van der Waals surface area contributed by atoms with Gasteiger partial charge in [-0.25, -0.2) is 4.79 Å². The minimum atomic E-state index is -0.603. The van der Waals surface area contributed by atoms with Gasteiger partial charge in [0, 0.05) is 0 Å². The maximum atomic E-state index is 12.4. The maximum Gasteiger partial charge on any atom is 0.344 e. The highest BCUT2D eigenvalue weighted by Gasteiger charge is 2.22. The minimum Gasteiger partial charge on any atom is -0.486 e. The van der Waals surface area contributed by atoms with Crippen molar-refractivity contribution in [3.05, 3.63) is 53.6 Å². The lowest BCUT2D eigenvalue weighted by Crippen LogP contribution is -2.35. The summed E-state index contributed by atoms with van der Waals surface area (Å²) in [6, 6.07) is 12.7. The largest absolute Gasteiger partial charge is 0.486 e. The van der Waals surface area contributed by atoms with Gasteiger partial charge in [0.1, 0.15) is 19.0 Å². The summed E-state index contributed by atoms with van der Waals surface area (Å²) < 4.78 is 21.7. The van der Waals surface area contributed by atoms with Gasteiger partial charge in [-0.1, -0.05) is 38.1 Å². The predicted octanol–water partition coefficient (Wildman–Crippen LogP) is 3.20. The van der Waals surface area contributed by atoms with Gasteiger partial charge in [0.25, 0.3) is 5.91 Å². The Balaban J connectivity index is 1.52. The third kappa shape index (κ3) is 5.65. The second-order valence-electron chi connectivity index (χ2n) is 7.41. The van der Waals surface area contributed by atoms with Crippen LogP contribution in [0.3, 0.4) is 0 Å². The number of benzene rings is 2. The molecule has 30 heavy (non-hydrogen) atoms. The third-order valence-corrected chi connectivity index (χ3v) is 4.71. The molecule has 1 amide bonds. The van der Waals surface area contributed by atoms with Gasteiger partial charge >= 0.3 is 5.97 Å². The van der Waals surface area contributed by atoms with Crippen molar-refractivity contribution in [3.8, 4) is 17.2 Å². The van der Waals surface area contributed by atoms with Crippen LogP contribution in [0.15, 0.2) is 42.5 Å². The van der Waals surface area contributed by atoms with E-state index >= 15 is 0 Å². The highest BCUT2D eigenvalue weighted by atomic mass is 16.6. The second kappa shape index (κ2) is 10.0. The van der Waals surface area contributed by atoms with Crippen LogP contribution >= 0.6 is 0 Å². The second-order valence-corrected chi connectivity index (χ2v) is 7.41. The molecular formula is C23H27NO6. The fourth-order valence-electron chi connectivity index (χ4n) is 3.15. The Morgan fingerprint density at radius 3 is 2.50 bits per heavy atom. The molecule has 0 aromatic heterocycles. The molecule has 1 aliphatic heterocycles. The average Bonchev–Trinajstić information content (AvgIpc) is 2.75. The van der Waals surface area contributed by atoms with Crippen molar-refractivity contribution in [1.82, 2.24) is 5.32 Å². The van der Waals surface area contributed by atoms with Crippen LogP contribution in [0, 0.1) is 12.8 Å². The van der Waals surface area contributed by atoms with E-state index in [2.05, 4.69) is 5.32 Å². The fourth-order valence-corrected chi connectivity index (χ4v) is 3.15. The van der Waals surface area contributed by atoms with E-state index in [-0.39, 0.29) is 31.1 Å². The quantitative estimate of drug-likeness (QED) is 0.669. The summed E-state index contributed by atoms with van der Waals surface area (Å²) in [5.41, 5.74) is 1.82. The lowest BCUT2D eigenvalue weighted by Gasteiger charge is -2.25. The Bertz CT molecular complexity index is 895. The van der Waals surface area contributed by atoms with E-state index in [1.807, 2.05) is 57.2 Å². The van der Waals surface area contributed by atoms with Crippen LogP contribution in [0.4, 0.5) is 0 Å². The summed E-state index contributed by atoms with van der Waals surface area (Å²) in [4.78, 5) is 24.3. The van der Waals surface area contributed by atoms with E-state index in [4.69, 9.17) is 18.9 Å². The highest BCUT2D eigenvalue weighted by molar-refractivity contribution is 5.81. The molecule has 2 aromatic carbocycles. The van der Waals surface area contributed by atoms with Crippen LogP contribution in [0.25, 0.3) is 0 Å². The molecule has 0 fully saturated rings. The molecule has 7 heteroatoms. The van der Waals surface area contributed by atoms with Crippen LogP contribution in [0.2, 0.25) is 0 Å². The van der Waals surface area contributed by atoms with Crippen LogP contribution in [-0.2, 0) is 14.3 Å². The zero-order valence-electron chi connectivity index (χ0n) is 17.5. The van der Waals surface area contributed by atoms with Crippen LogP contribution < -0.4 is 19.5 Å². The Hall–Kier alpha value is -3.22. The van der Waals surface area contributed by atoms with Gasteiger partial charge in [0.05, 0.1) is 6.04 Å². The van der Waals surface area contributed by atoms with E-state index in [0.717, 1.165) is 11.1 Å². The van der Waals surface area contributed by atoms with Crippen molar-refractivity contribution >= 4 is 11.9 Å². The van der Waals surface area contributed by atoms with Crippen LogP contribution in [0.5, 0.6) is 17.2 Å². The third-order valence-electron chi connectivity index (χ3n) is 4.71. The molecular weight excluding hydrogens is 386 g/mol. The van der Waals surface area contributed by atoms with Crippen molar-refractivity contribution < 1.29 is 28.5 Å². The first-order valence-corrected chi connectivity index (χ1v) is 9.97. The van der Waals surface area contributed by atoms with Gasteiger partial charge in [-0.3, -0.25) is 4.79 Å². The van der Waals surface area contributed by atoms with E-state index in [9.17, 15) is 9.59 Å². The molecule has 1 N–H and O–H groups in total. The van der Waals surface area contributed by atoms with Gasteiger partial charge < -0.3 is 24.3 Å². The minimum absolute atomic E-state index is 0.122. The molecule has 0 aliphatic carbocycles. The smallest absolute Gasteiger partial charge is 0.344 e. The van der Waals surface area contributed by atoms with Gasteiger partial charge in [-0.15, -0.1) is 0 Å². The molecule has 0 saturated carbocycles. The molecule has 0 saturated heterocycles. The number of fused-ring (bicyclic) bond motifs is 1. The lowest BCUT2D eigenvalue weighted by atomic mass is 9.95. The average molecular weight is 413 g/mol. The van der Waals surface area contributed by atoms with Gasteiger partial charge in [0.2, 0.25) is 0 Å². The van der Waals surface area contributed by atoms with Gasteiger partial charge in [-0.2, -0.15) is 0 Å². The number of carbonyl (C=O) groups is 2. The Kier molecular flexibility index (Phi) is 7.17. The zero-order valence-corrected chi connectivity index (χ0v) is 17.5. The van der Waals surface area contributed by atoms with E-state index in [1.165, 1.54) is 0 Å². The molecule has 1 heterocycles. The molecule has 2 aromatic rings. The monoisotopic (exact) mass is 413 g/mol. The first-order chi connectivity index (χ1) is 14.4. The van der Waals surface area contributed by atoms with Crippen molar-refractivity contribution in [2.75, 3.05) is 26.4 Å². The standard InChI is InChI=1S/C23H27NO6/c1-15(2)23(17-8-9-19-20(12-17)28-11-10-27-19)24-21(25)13-30-22(26)14-29-18-7-5-4-6-16(18)3/h4-9,12,15,23H,10-11,13-14H2,1-3H3,(H,24,25)/t23-/m1/s1. The number of ether oxygens (including phenoxy) is 4. The Morgan fingerprint density at radius 2 is 1.77 bits per heavy atom. The molecule has 1 aliphatic rings. The SMILES string of the molecule is Cc1ccccc1OCC(=O)OCC(=O)N[C@@H](c1ccc2c(c1)OCCO2)C(C)C. The zero-order chi connectivity index (χ0) is 21.5. The molecule has 0 radical (unpaired) electrons. The van der Waals surface area contributed by atoms with E-state index < -0.39 is 5.97 Å². The van der Waals surface area contributed by atoms with Crippen molar-refractivity contribution in [1.29, 1.82) is 0 Å². The number of para-hydroxylation sites is 1. The number of amides is 1. The summed E-state index contributed by atoms with van der Waals surface area (Å²) in [6.45, 7) is 6.29. The summed E-state index contributed by atoms with van der Waals surface area (Å²) in [5, 5.41) is 2.92. The first kappa shape index (κ1) is 21.5. The number of aryl methyl sites for hydroxylation is 1. The first-order valence-electron chi connectivity index (χ1n) is 9.97. The van der Waals surface area contributed by atoms with Crippen LogP contribution in [-0.4, -0.2) is 38.3 Å². The summed E-state index contributed by atoms with van der Waals surface area (Å²) in [5.74, 6) is 1.11. The molecule has 3 rings (SSSR count). The lowest BCUT2D eigenvalue weighted by molar-refractivity contribution is -0.150. The van der Waals surface area contributed by atoms with Crippen molar-refractivity contribution in [3.63, 3.8) is 0 Å². The number of rotatable bonds is 8. The Morgan fingerprint density at radius 1 is 1.03 bits per heavy atom. The number of nitrogens with one attached hydrogen (secondary N) is 1. The molecule has 0 unspecified atom stereocenters. The molecule has 7 nitrogen and oxygen atoms in total. The topological polar surface area (TPSA) is 83.1 Å². The van der Waals surface area contributed by atoms with Gasteiger partial charge in [0.15, 0.2) is 24.7 Å².